The fourth-order valence-corrected chi connectivity index (χ4v) is 7.57. The van der Waals surface area contributed by atoms with E-state index >= 15 is 0 Å². The van der Waals surface area contributed by atoms with E-state index in [4.69, 9.17) is 20.0 Å². The minimum Gasteiger partial charge on any atom is -0.493 e. The molecule has 0 unspecified atom stereocenters. The van der Waals surface area contributed by atoms with Gasteiger partial charge in [0.2, 0.25) is 11.7 Å². The summed E-state index contributed by atoms with van der Waals surface area (Å²) in [5.74, 6) is -2.39. The number of amides is 3. The van der Waals surface area contributed by atoms with Gasteiger partial charge in [-0.3, -0.25) is 19.2 Å². The van der Waals surface area contributed by atoms with Gasteiger partial charge in [0, 0.05) is 30.7 Å². The topological polar surface area (TPSA) is 167 Å². The van der Waals surface area contributed by atoms with Gasteiger partial charge in [-0.1, -0.05) is 38.8 Å². The number of aryl methyl sites for hydroxylation is 2. The molecule has 2 aliphatic heterocycles. The lowest BCUT2D eigenvalue weighted by atomic mass is 9.85. The van der Waals surface area contributed by atoms with Crippen molar-refractivity contribution in [1.29, 1.82) is 0 Å². The summed E-state index contributed by atoms with van der Waals surface area (Å²) in [4.78, 5) is 74.1. The minimum atomic E-state index is -1.06. The number of nitrogens with zero attached hydrogens (tertiary/aromatic N) is 2. The predicted molar refractivity (Wildman–Crippen MR) is 182 cm³/mol. The molecule has 0 bridgehead atoms. The molecule has 1 saturated heterocycles. The molecule has 268 valence electrons. The number of likely N-dealkylation sites (tertiary alicyclic amines) is 1. The molecule has 3 N–H and O–H groups in total. The molecular weight excluding hydrogens is 628 g/mol. The Balaban J connectivity index is 1.41. The highest BCUT2D eigenvalue weighted by Crippen LogP contribution is 2.42. The lowest BCUT2D eigenvalue weighted by molar-refractivity contribution is -0.143. The van der Waals surface area contributed by atoms with Crippen molar-refractivity contribution in [3.63, 3.8) is 0 Å². The first-order valence-electron chi connectivity index (χ1n) is 17.7. The van der Waals surface area contributed by atoms with Crippen molar-refractivity contribution in [2.24, 2.45) is 28.1 Å². The molecule has 1 aromatic carbocycles. The first-order chi connectivity index (χ1) is 23.1. The average molecular weight is 681 g/mol. The third kappa shape index (κ3) is 8.44. The molecule has 5 rings (SSSR count). The van der Waals surface area contributed by atoms with E-state index in [0.29, 0.717) is 25.2 Å². The zero-order valence-electron chi connectivity index (χ0n) is 29.8. The second-order valence-corrected chi connectivity index (χ2v) is 15.6. The summed E-state index contributed by atoms with van der Waals surface area (Å²) in [5.41, 5.74) is 7.12. The van der Waals surface area contributed by atoms with Gasteiger partial charge in [0.05, 0.1) is 24.9 Å². The number of hydrogen-bond donors (Lipinski definition) is 2. The number of nitrogens with one attached hydrogen (secondary N) is 1. The van der Waals surface area contributed by atoms with E-state index in [2.05, 4.69) is 10.5 Å². The minimum absolute atomic E-state index is 0.0488. The van der Waals surface area contributed by atoms with Crippen molar-refractivity contribution in [1.82, 2.24) is 10.2 Å². The number of oxime groups is 1. The quantitative estimate of drug-likeness (QED) is 0.283. The zero-order valence-corrected chi connectivity index (χ0v) is 29.8. The van der Waals surface area contributed by atoms with Crippen LogP contribution in [0.5, 0.6) is 5.75 Å². The van der Waals surface area contributed by atoms with Crippen molar-refractivity contribution in [3.05, 3.63) is 28.8 Å². The number of carbonyl (C=O) groups is 5. The van der Waals surface area contributed by atoms with E-state index in [9.17, 15) is 24.0 Å². The van der Waals surface area contributed by atoms with Crippen LogP contribution in [0, 0.1) is 31.1 Å². The Morgan fingerprint density at radius 3 is 2.31 bits per heavy atom. The summed E-state index contributed by atoms with van der Waals surface area (Å²) >= 11 is 0. The van der Waals surface area contributed by atoms with Crippen molar-refractivity contribution in [2.45, 2.75) is 130 Å². The SMILES string of the molecule is CCOc1c(C)cc(C2=NO[C@]3(C2)C[C@@H](C(=O)C[C@@H](CC2CC2)C(=O)C(N)=O)N(C(=O)[C@@H](NC(=O)OC2CCCC2)C(C)(C)C)C3)cc1C. The standard InChI is InChI=1S/C37H52N4O8/c1-7-47-31-21(2)14-24(15-22(31)3)27-18-37(49-40-27)19-28(29(42)17-25(16-23-12-13-23)30(43)33(38)44)41(20-37)34(45)32(36(4,5)6)39-35(46)48-26-10-8-9-11-26/h14-15,23,25-26,28,32H,7-13,16-20H2,1-6H3,(H2,38,44)(H,39,46)/t25-,28+,32-,37-/m1/s1. The number of rotatable bonds is 13. The van der Waals surface area contributed by atoms with E-state index in [1.807, 2.05) is 53.7 Å². The van der Waals surface area contributed by atoms with Crippen LogP contribution >= 0.6 is 0 Å². The molecule has 12 nitrogen and oxygen atoms in total. The van der Waals surface area contributed by atoms with Crippen molar-refractivity contribution < 1.29 is 38.3 Å². The van der Waals surface area contributed by atoms with Crippen LogP contribution in [-0.4, -0.2) is 77.0 Å². The molecule has 0 radical (unpaired) electrons. The molecule has 3 amide bonds. The summed E-state index contributed by atoms with van der Waals surface area (Å²) in [6.45, 7) is 12.0. The van der Waals surface area contributed by atoms with Gasteiger partial charge in [0.15, 0.2) is 11.4 Å². The van der Waals surface area contributed by atoms with E-state index < -0.39 is 52.7 Å². The number of Topliss-reactive ketones (excluding diaryl/α,β-unsaturated/α-hetero) is 2. The Labute approximate surface area is 288 Å². The number of carbonyl (C=O) groups excluding carboxylic acids is 5. The molecule has 3 fully saturated rings. The van der Waals surface area contributed by atoms with E-state index in [1.54, 1.807) is 0 Å². The number of ketones is 2. The fraction of sp³-hybridized carbons (Fsp3) is 0.676. The van der Waals surface area contributed by atoms with Crippen LogP contribution < -0.4 is 15.8 Å². The molecule has 2 aliphatic carbocycles. The van der Waals surface area contributed by atoms with Crippen molar-refractivity contribution in [3.8, 4) is 5.75 Å². The second kappa shape index (κ2) is 14.5. The molecule has 2 saturated carbocycles. The maximum atomic E-state index is 14.5. The van der Waals surface area contributed by atoms with Crippen LogP contribution in [0.2, 0.25) is 0 Å². The summed E-state index contributed by atoms with van der Waals surface area (Å²) in [6.07, 6.45) is 5.21. The first-order valence-corrected chi connectivity index (χ1v) is 17.7. The normalized spacial score (nSPS) is 23.5. The number of benzene rings is 1. The van der Waals surface area contributed by atoms with Gasteiger partial charge in [0.1, 0.15) is 17.9 Å². The van der Waals surface area contributed by atoms with Crippen LogP contribution in [0.25, 0.3) is 0 Å². The Hall–Kier alpha value is -3.96. The van der Waals surface area contributed by atoms with Crippen molar-refractivity contribution in [2.75, 3.05) is 13.2 Å². The molecule has 12 heteroatoms. The smallest absolute Gasteiger partial charge is 0.408 e. The molecule has 1 spiro atoms. The van der Waals surface area contributed by atoms with Crippen LogP contribution in [-0.2, 0) is 28.8 Å². The number of ether oxygens (including phenoxy) is 2. The average Bonchev–Trinajstić information content (AvgIpc) is 3.37. The predicted octanol–water partition coefficient (Wildman–Crippen LogP) is 4.68. The Bertz CT molecular complexity index is 1480. The Morgan fingerprint density at radius 1 is 1.08 bits per heavy atom. The molecule has 4 aliphatic rings. The largest absolute Gasteiger partial charge is 0.493 e. The van der Waals surface area contributed by atoms with Gasteiger partial charge in [-0.05, 0) is 87.5 Å². The van der Waals surface area contributed by atoms with E-state index in [1.165, 1.54) is 4.90 Å². The fourth-order valence-electron chi connectivity index (χ4n) is 7.57. The van der Waals surface area contributed by atoms with Gasteiger partial charge >= 0.3 is 6.09 Å². The van der Waals surface area contributed by atoms with Crippen molar-refractivity contribution >= 4 is 35.2 Å². The number of nitrogens with two attached hydrogens (primary N) is 1. The highest BCUT2D eigenvalue weighted by Gasteiger charge is 2.55. The molecule has 4 atom stereocenters. The summed E-state index contributed by atoms with van der Waals surface area (Å²) in [7, 11) is 0. The van der Waals surface area contributed by atoms with Gasteiger partial charge < -0.3 is 30.3 Å². The number of primary amides is 1. The monoisotopic (exact) mass is 680 g/mol. The zero-order chi connectivity index (χ0) is 35.7. The van der Waals surface area contributed by atoms with Gasteiger partial charge in [-0.25, -0.2) is 4.79 Å². The summed E-state index contributed by atoms with van der Waals surface area (Å²) < 4.78 is 11.5. The summed E-state index contributed by atoms with van der Waals surface area (Å²) in [5, 5.41) is 7.28. The van der Waals surface area contributed by atoms with Gasteiger partial charge in [0.25, 0.3) is 5.91 Å². The lowest BCUT2D eigenvalue weighted by Gasteiger charge is -2.35. The Kier molecular flexibility index (Phi) is 10.7. The molecule has 2 heterocycles. The second-order valence-electron chi connectivity index (χ2n) is 15.6. The van der Waals surface area contributed by atoms with Crippen LogP contribution in [0.4, 0.5) is 4.79 Å². The van der Waals surface area contributed by atoms with Crippen LogP contribution in [0.15, 0.2) is 17.3 Å². The Morgan fingerprint density at radius 2 is 1.73 bits per heavy atom. The highest BCUT2D eigenvalue weighted by atomic mass is 16.7. The van der Waals surface area contributed by atoms with Crippen LogP contribution in [0.3, 0.4) is 0 Å². The van der Waals surface area contributed by atoms with E-state index in [0.717, 1.165) is 61.0 Å². The lowest BCUT2D eigenvalue weighted by Crippen LogP contribution is -2.57. The third-order valence-electron chi connectivity index (χ3n) is 10.3. The number of alkyl carbamates (subject to hydrolysis) is 1. The molecule has 1 aromatic rings. The summed E-state index contributed by atoms with van der Waals surface area (Å²) in [6, 6.07) is 2.01. The highest BCUT2D eigenvalue weighted by molar-refractivity contribution is 6.36. The van der Waals surface area contributed by atoms with Gasteiger partial charge in [-0.15, -0.1) is 0 Å². The maximum Gasteiger partial charge on any atom is 0.408 e. The first kappa shape index (κ1) is 36.3. The van der Waals surface area contributed by atoms with E-state index in [-0.39, 0.29) is 37.2 Å². The number of hydrogen-bond acceptors (Lipinski definition) is 9. The molecule has 49 heavy (non-hydrogen) atoms. The third-order valence-corrected chi connectivity index (χ3v) is 10.3. The molecular formula is C37H52N4O8. The van der Waals surface area contributed by atoms with Crippen LogP contribution in [0.1, 0.15) is 109 Å². The molecule has 0 aromatic heterocycles. The maximum absolute atomic E-state index is 14.5. The van der Waals surface area contributed by atoms with Gasteiger partial charge in [-0.2, -0.15) is 0 Å².